The second kappa shape index (κ2) is 9.50. The van der Waals surface area contributed by atoms with Crippen molar-refractivity contribution in [3.05, 3.63) is 82.3 Å². The minimum atomic E-state index is 0.599. The van der Waals surface area contributed by atoms with Crippen LogP contribution in [-0.2, 0) is 19.4 Å². The number of benzene rings is 1. The predicted octanol–water partition coefficient (Wildman–Crippen LogP) is 5.17. The molecule has 5 nitrogen and oxygen atoms in total. The van der Waals surface area contributed by atoms with Crippen molar-refractivity contribution in [3.8, 4) is 11.9 Å². The van der Waals surface area contributed by atoms with Crippen molar-refractivity contribution in [3.63, 3.8) is 0 Å². The third-order valence-corrected chi connectivity index (χ3v) is 6.49. The van der Waals surface area contributed by atoms with Gasteiger partial charge in [-0.25, -0.2) is 9.67 Å². The SMILES string of the molecule is C=C1CCc2c1ccc(CCN(CCC)Cc1ccn(-c3cc(C)c(C#N)cn3)n1)c2C. The van der Waals surface area contributed by atoms with Gasteiger partial charge in [-0.3, -0.25) is 4.90 Å². The molecule has 0 aliphatic heterocycles. The number of rotatable bonds is 8. The second-order valence-corrected chi connectivity index (χ2v) is 8.73. The molecule has 1 aromatic carbocycles. The van der Waals surface area contributed by atoms with Crippen LogP contribution in [0.15, 0.2) is 43.2 Å². The molecule has 32 heavy (non-hydrogen) atoms. The van der Waals surface area contributed by atoms with E-state index in [4.69, 9.17) is 10.4 Å². The Labute approximate surface area is 191 Å². The van der Waals surface area contributed by atoms with E-state index in [1.807, 2.05) is 19.2 Å². The van der Waals surface area contributed by atoms with Crippen molar-refractivity contribution in [2.45, 2.75) is 53.0 Å². The molecule has 164 valence electrons. The third kappa shape index (κ3) is 4.51. The van der Waals surface area contributed by atoms with Gasteiger partial charge in [0.05, 0.1) is 11.3 Å². The molecule has 5 heteroatoms. The first-order valence-electron chi connectivity index (χ1n) is 11.4. The van der Waals surface area contributed by atoms with Gasteiger partial charge in [-0.05, 0) is 91.6 Å². The van der Waals surface area contributed by atoms with E-state index in [-0.39, 0.29) is 0 Å². The maximum atomic E-state index is 9.12. The molecule has 0 bridgehead atoms. The van der Waals surface area contributed by atoms with Crippen LogP contribution in [0.3, 0.4) is 0 Å². The van der Waals surface area contributed by atoms with Crippen molar-refractivity contribution in [2.75, 3.05) is 13.1 Å². The van der Waals surface area contributed by atoms with Gasteiger partial charge in [-0.1, -0.05) is 25.6 Å². The lowest BCUT2D eigenvalue weighted by Crippen LogP contribution is -2.27. The van der Waals surface area contributed by atoms with E-state index >= 15 is 0 Å². The Morgan fingerprint density at radius 2 is 2.03 bits per heavy atom. The maximum absolute atomic E-state index is 9.12. The monoisotopic (exact) mass is 425 g/mol. The molecular weight excluding hydrogens is 394 g/mol. The van der Waals surface area contributed by atoms with E-state index in [2.05, 4.69) is 54.6 Å². The van der Waals surface area contributed by atoms with Crippen LogP contribution >= 0.6 is 0 Å². The summed E-state index contributed by atoms with van der Waals surface area (Å²) in [6.07, 6.45) is 7.95. The molecule has 0 radical (unpaired) electrons. The topological polar surface area (TPSA) is 57.7 Å². The average molecular weight is 426 g/mol. The van der Waals surface area contributed by atoms with Gasteiger partial charge in [0.15, 0.2) is 5.82 Å². The fraction of sp³-hybridized carbons (Fsp3) is 0.370. The molecule has 0 atom stereocenters. The Hall–Kier alpha value is -3.23. The zero-order valence-corrected chi connectivity index (χ0v) is 19.4. The molecule has 0 spiro atoms. The Morgan fingerprint density at radius 3 is 2.78 bits per heavy atom. The van der Waals surface area contributed by atoms with Crippen molar-refractivity contribution in [1.82, 2.24) is 19.7 Å². The number of hydrogen-bond donors (Lipinski definition) is 0. The van der Waals surface area contributed by atoms with Gasteiger partial charge in [0.2, 0.25) is 0 Å². The zero-order chi connectivity index (χ0) is 22.7. The molecule has 2 aromatic heterocycles. The minimum absolute atomic E-state index is 0.599. The van der Waals surface area contributed by atoms with Crippen LogP contribution in [-0.4, -0.2) is 32.8 Å². The summed E-state index contributed by atoms with van der Waals surface area (Å²) >= 11 is 0. The molecule has 0 N–H and O–H groups in total. The zero-order valence-electron chi connectivity index (χ0n) is 19.4. The molecule has 2 heterocycles. The van der Waals surface area contributed by atoms with E-state index < -0.39 is 0 Å². The maximum Gasteiger partial charge on any atom is 0.153 e. The van der Waals surface area contributed by atoms with Gasteiger partial charge in [0, 0.05) is 25.5 Å². The highest BCUT2D eigenvalue weighted by atomic mass is 15.3. The Balaban J connectivity index is 1.44. The number of aromatic nitrogens is 3. The molecule has 1 aliphatic rings. The summed E-state index contributed by atoms with van der Waals surface area (Å²) in [5, 5.41) is 13.9. The highest BCUT2D eigenvalue weighted by molar-refractivity contribution is 5.72. The first-order chi connectivity index (χ1) is 15.5. The van der Waals surface area contributed by atoms with Gasteiger partial charge in [0.1, 0.15) is 6.07 Å². The number of allylic oxidation sites excluding steroid dienone is 1. The van der Waals surface area contributed by atoms with Crippen molar-refractivity contribution >= 4 is 5.57 Å². The fourth-order valence-electron chi connectivity index (χ4n) is 4.59. The van der Waals surface area contributed by atoms with E-state index in [1.165, 1.54) is 27.8 Å². The molecule has 0 saturated heterocycles. The van der Waals surface area contributed by atoms with Crippen molar-refractivity contribution in [2.24, 2.45) is 0 Å². The first kappa shape index (κ1) is 22.0. The van der Waals surface area contributed by atoms with E-state index in [9.17, 15) is 0 Å². The van der Waals surface area contributed by atoms with Crippen LogP contribution in [0.4, 0.5) is 0 Å². The highest BCUT2D eigenvalue weighted by Gasteiger charge is 2.18. The average Bonchev–Trinajstić information content (AvgIpc) is 3.40. The quantitative estimate of drug-likeness (QED) is 0.500. The van der Waals surface area contributed by atoms with Gasteiger partial charge < -0.3 is 0 Å². The largest absolute Gasteiger partial charge is 0.297 e. The summed E-state index contributed by atoms with van der Waals surface area (Å²) < 4.78 is 1.80. The second-order valence-electron chi connectivity index (χ2n) is 8.73. The van der Waals surface area contributed by atoms with Crippen LogP contribution < -0.4 is 0 Å². The standard InChI is InChI=1S/C27H31N5/c1-5-12-31(13-10-22-7-9-25-19(2)6-8-26(25)21(22)4)18-24-11-14-32(30-24)27-15-20(3)23(16-28)17-29-27/h7,9,11,14-15,17H,2,5-6,8,10,12-13,18H2,1,3-4H3. The molecular formula is C27H31N5. The molecule has 3 aromatic rings. The van der Waals surface area contributed by atoms with E-state index in [0.717, 1.165) is 62.4 Å². The smallest absolute Gasteiger partial charge is 0.153 e. The highest BCUT2D eigenvalue weighted by Crippen LogP contribution is 2.34. The summed E-state index contributed by atoms with van der Waals surface area (Å²) in [6, 6.07) is 10.7. The van der Waals surface area contributed by atoms with E-state index in [1.54, 1.807) is 10.9 Å². The van der Waals surface area contributed by atoms with Crippen molar-refractivity contribution < 1.29 is 0 Å². The minimum Gasteiger partial charge on any atom is -0.297 e. The number of pyridine rings is 1. The summed E-state index contributed by atoms with van der Waals surface area (Å²) in [7, 11) is 0. The normalized spacial score (nSPS) is 12.9. The first-order valence-corrected chi connectivity index (χ1v) is 11.4. The third-order valence-electron chi connectivity index (χ3n) is 6.49. The molecule has 0 unspecified atom stereocenters. The lowest BCUT2D eigenvalue weighted by Gasteiger charge is -2.21. The van der Waals surface area contributed by atoms with Crippen molar-refractivity contribution in [1.29, 1.82) is 5.26 Å². The van der Waals surface area contributed by atoms with Gasteiger partial charge >= 0.3 is 0 Å². The lowest BCUT2D eigenvalue weighted by atomic mass is 9.96. The number of nitrogens with zero attached hydrogens (tertiary/aromatic N) is 5. The fourth-order valence-corrected chi connectivity index (χ4v) is 4.59. The van der Waals surface area contributed by atoms with Crippen LogP contribution in [0.1, 0.15) is 58.8 Å². The van der Waals surface area contributed by atoms with E-state index in [0.29, 0.717) is 5.56 Å². The van der Waals surface area contributed by atoms with Crippen LogP contribution in [0.2, 0.25) is 0 Å². The van der Waals surface area contributed by atoms with Gasteiger partial charge in [0.25, 0.3) is 0 Å². The van der Waals surface area contributed by atoms with Crippen LogP contribution in [0, 0.1) is 25.2 Å². The number of aryl methyl sites for hydroxylation is 1. The van der Waals surface area contributed by atoms with Crippen LogP contribution in [0.5, 0.6) is 0 Å². The predicted molar refractivity (Wildman–Crippen MR) is 129 cm³/mol. The Bertz CT molecular complexity index is 1180. The van der Waals surface area contributed by atoms with Gasteiger partial charge in [-0.2, -0.15) is 10.4 Å². The number of fused-ring (bicyclic) bond motifs is 1. The molecule has 1 aliphatic carbocycles. The molecule has 4 rings (SSSR count). The molecule has 0 fully saturated rings. The lowest BCUT2D eigenvalue weighted by molar-refractivity contribution is 0.265. The van der Waals surface area contributed by atoms with Crippen LogP contribution in [0.25, 0.3) is 11.4 Å². The molecule has 0 saturated carbocycles. The number of nitriles is 1. The summed E-state index contributed by atoms with van der Waals surface area (Å²) in [4.78, 5) is 6.87. The summed E-state index contributed by atoms with van der Waals surface area (Å²) in [5.41, 5.74) is 9.59. The Kier molecular flexibility index (Phi) is 6.53. The van der Waals surface area contributed by atoms with Gasteiger partial charge in [-0.15, -0.1) is 0 Å². The number of hydrogen-bond acceptors (Lipinski definition) is 4. The summed E-state index contributed by atoms with van der Waals surface area (Å²) in [6.45, 7) is 13.5. The Morgan fingerprint density at radius 1 is 1.19 bits per heavy atom. The molecule has 0 amide bonds. The summed E-state index contributed by atoms with van der Waals surface area (Å²) in [5.74, 6) is 0.741.